The Hall–Kier alpha value is -2.66. The highest BCUT2D eigenvalue weighted by Gasteiger charge is 2.29. The molecule has 11 heteroatoms. The number of nitrogens with zero attached hydrogens (tertiary/aromatic N) is 3. The third-order valence-corrected chi connectivity index (χ3v) is 5.98. The summed E-state index contributed by atoms with van der Waals surface area (Å²) in [4.78, 5) is 16.8. The number of aromatic nitrogens is 3. The summed E-state index contributed by atoms with van der Waals surface area (Å²) in [6.45, 7) is 0.665. The average Bonchev–Trinajstić information content (AvgIpc) is 3.15. The van der Waals surface area contributed by atoms with Crippen molar-refractivity contribution < 1.29 is 22.7 Å². The molecule has 1 aromatic carbocycles. The van der Waals surface area contributed by atoms with Crippen LogP contribution in [0.25, 0.3) is 11.4 Å². The molecule has 2 N–H and O–H groups in total. The number of carbonyl (C=O) groups excluding carboxylic acids is 1. The molecule has 2 heterocycles. The molecule has 0 atom stereocenters. The number of H-pyrrole nitrogens is 1. The summed E-state index contributed by atoms with van der Waals surface area (Å²) in [6.07, 6.45) is 2.10. The van der Waals surface area contributed by atoms with Crippen molar-refractivity contribution in [1.82, 2.24) is 19.5 Å². The van der Waals surface area contributed by atoms with Gasteiger partial charge in [-0.05, 0) is 25.0 Å². The summed E-state index contributed by atoms with van der Waals surface area (Å²) in [5.41, 5.74) is 0.678. The molecule has 1 fully saturated rings. The van der Waals surface area contributed by atoms with Gasteiger partial charge in [-0.15, -0.1) is 5.10 Å². The summed E-state index contributed by atoms with van der Waals surface area (Å²) in [7, 11) is -0.114. The summed E-state index contributed by atoms with van der Waals surface area (Å²) in [5.74, 6) is 1.30. The van der Waals surface area contributed by atoms with Crippen molar-refractivity contribution in [2.45, 2.75) is 12.8 Å². The van der Waals surface area contributed by atoms with Crippen LogP contribution in [0, 0.1) is 5.92 Å². The lowest BCUT2D eigenvalue weighted by Gasteiger charge is -2.29. The van der Waals surface area contributed by atoms with Gasteiger partial charge in [0.05, 0.1) is 26.0 Å². The van der Waals surface area contributed by atoms with Gasteiger partial charge in [-0.2, -0.15) is 4.98 Å². The first-order chi connectivity index (χ1) is 13.3. The Morgan fingerprint density at radius 3 is 2.57 bits per heavy atom. The van der Waals surface area contributed by atoms with E-state index >= 15 is 0 Å². The van der Waals surface area contributed by atoms with Gasteiger partial charge < -0.3 is 9.47 Å². The predicted molar refractivity (Wildman–Crippen MR) is 103 cm³/mol. The molecule has 1 amide bonds. The quantitative estimate of drug-likeness (QED) is 0.731. The average molecular weight is 409 g/mol. The maximum Gasteiger partial charge on any atom is 0.249 e. The molecule has 0 bridgehead atoms. The SMILES string of the molecule is COc1ccc(-c2nc(NC(=O)C3CCN(S(C)(=O)=O)CC3)n[nH]2)c(OC)c1. The molecule has 0 unspecified atom stereocenters. The number of aromatic amines is 1. The lowest BCUT2D eigenvalue weighted by molar-refractivity contribution is -0.121. The first-order valence-corrected chi connectivity index (χ1v) is 10.6. The Balaban J connectivity index is 1.66. The molecule has 0 radical (unpaired) electrons. The van der Waals surface area contributed by atoms with Gasteiger partial charge in [-0.3, -0.25) is 15.2 Å². The number of hydrogen-bond donors (Lipinski definition) is 2. The minimum Gasteiger partial charge on any atom is -0.497 e. The minimum absolute atomic E-state index is 0.156. The maximum absolute atomic E-state index is 12.5. The summed E-state index contributed by atoms with van der Waals surface area (Å²) < 4.78 is 35.1. The third-order valence-electron chi connectivity index (χ3n) is 4.68. The van der Waals surface area contributed by atoms with Crippen molar-refractivity contribution in [3.63, 3.8) is 0 Å². The Morgan fingerprint density at radius 1 is 1.25 bits per heavy atom. The Morgan fingerprint density at radius 2 is 1.96 bits per heavy atom. The van der Waals surface area contributed by atoms with Gasteiger partial charge in [0.2, 0.25) is 21.9 Å². The van der Waals surface area contributed by atoms with Crippen LogP contribution < -0.4 is 14.8 Å². The molecular formula is C17H23N5O5S. The van der Waals surface area contributed by atoms with Crippen LogP contribution in [-0.2, 0) is 14.8 Å². The Bertz CT molecular complexity index is 951. The lowest BCUT2D eigenvalue weighted by atomic mass is 9.97. The van der Waals surface area contributed by atoms with E-state index in [2.05, 4.69) is 20.5 Å². The number of rotatable bonds is 6. The largest absolute Gasteiger partial charge is 0.497 e. The fourth-order valence-corrected chi connectivity index (χ4v) is 3.97. The number of benzene rings is 1. The van der Waals surface area contributed by atoms with Crippen LogP contribution in [0.2, 0.25) is 0 Å². The van der Waals surface area contributed by atoms with Crippen LogP contribution in [0.5, 0.6) is 11.5 Å². The molecule has 1 aromatic heterocycles. The maximum atomic E-state index is 12.5. The molecule has 0 spiro atoms. The second-order valence-corrected chi connectivity index (χ2v) is 8.48. The van der Waals surface area contributed by atoms with Crippen LogP contribution in [0.4, 0.5) is 5.95 Å². The molecule has 0 aliphatic carbocycles. The topological polar surface area (TPSA) is 127 Å². The highest BCUT2D eigenvalue weighted by atomic mass is 32.2. The number of sulfonamides is 1. The zero-order valence-corrected chi connectivity index (χ0v) is 16.7. The van der Waals surface area contributed by atoms with Crippen LogP contribution in [-0.4, -0.2) is 67.4 Å². The fraction of sp³-hybridized carbons (Fsp3) is 0.471. The molecule has 0 saturated carbocycles. The predicted octanol–water partition coefficient (Wildman–Crippen LogP) is 1.10. The monoisotopic (exact) mass is 409 g/mol. The fourth-order valence-electron chi connectivity index (χ4n) is 3.09. The second kappa shape index (κ2) is 8.15. The van der Waals surface area contributed by atoms with Crippen molar-refractivity contribution in [2.24, 2.45) is 5.92 Å². The number of piperidine rings is 1. The van der Waals surface area contributed by atoms with Crippen LogP contribution in [0.15, 0.2) is 18.2 Å². The molecular weight excluding hydrogens is 386 g/mol. The summed E-state index contributed by atoms with van der Waals surface area (Å²) in [6, 6.07) is 5.28. The van der Waals surface area contributed by atoms with Crippen molar-refractivity contribution in [3.05, 3.63) is 18.2 Å². The highest BCUT2D eigenvalue weighted by Crippen LogP contribution is 2.31. The molecule has 10 nitrogen and oxygen atoms in total. The standard InChI is InChI=1S/C17H23N5O5S/c1-26-12-4-5-13(14(10-12)27-2)15-18-17(21-20-15)19-16(23)11-6-8-22(9-7-11)28(3,24)25/h4-5,10-11H,6-9H2,1-3H3,(H2,18,19,20,21,23). The van der Waals surface area contributed by atoms with E-state index in [9.17, 15) is 13.2 Å². The molecule has 1 aliphatic heterocycles. The number of carbonyl (C=O) groups is 1. The number of nitrogens with one attached hydrogen (secondary N) is 2. The van der Waals surface area contributed by atoms with E-state index in [-0.39, 0.29) is 17.8 Å². The first kappa shape index (κ1) is 20.1. The second-order valence-electron chi connectivity index (χ2n) is 6.50. The number of amides is 1. The molecule has 1 saturated heterocycles. The van der Waals surface area contributed by atoms with Crippen LogP contribution in [0.3, 0.4) is 0 Å². The molecule has 2 aromatic rings. The zero-order chi connectivity index (χ0) is 20.3. The van der Waals surface area contributed by atoms with Crippen LogP contribution >= 0.6 is 0 Å². The lowest BCUT2D eigenvalue weighted by Crippen LogP contribution is -2.41. The molecule has 3 rings (SSSR count). The van der Waals surface area contributed by atoms with Crippen molar-refractivity contribution in [2.75, 3.05) is 38.9 Å². The van der Waals surface area contributed by atoms with E-state index in [0.29, 0.717) is 48.8 Å². The van der Waals surface area contributed by atoms with Gasteiger partial charge >= 0.3 is 0 Å². The zero-order valence-electron chi connectivity index (χ0n) is 15.9. The van der Waals surface area contributed by atoms with E-state index in [1.165, 1.54) is 10.6 Å². The van der Waals surface area contributed by atoms with Gasteiger partial charge in [-0.1, -0.05) is 0 Å². The summed E-state index contributed by atoms with van der Waals surface area (Å²) >= 11 is 0. The van der Waals surface area contributed by atoms with Crippen molar-refractivity contribution >= 4 is 21.9 Å². The van der Waals surface area contributed by atoms with Gasteiger partial charge in [0.25, 0.3) is 0 Å². The van der Waals surface area contributed by atoms with Crippen molar-refractivity contribution in [1.29, 1.82) is 0 Å². The van der Waals surface area contributed by atoms with Crippen molar-refractivity contribution in [3.8, 4) is 22.9 Å². The number of methoxy groups -OCH3 is 2. The minimum atomic E-state index is -3.22. The van der Waals surface area contributed by atoms with E-state index in [4.69, 9.17) is 9.47 Å². The van der Waals surface area contributed by atoms with Gasteiger partial charge in [0, 0.05) is 25.1 Å². The van der Waals surface area contributed by atoms with E-state index in [0.717, 1.165) is 0 Å². The van der Waals surface area contributed by atoms with Gasteiger partial charge in [0.1, 0.15) is 11.5 Å². The number of anilines is 1. The van der Waals surface area contributed by atoms with Gasteiger partial charge in [0.15, 0.2) is 5.82 Å². The number of hydrogen-bond acceptors (Lipinski definition) is 7. The number of ether oxygens (including phenoxy) is 2. The first-order valence-electron chi connectivity index (χ1n) is 8.72. The van der Waals surface area contributed by atoms with E-state index in [1.807, 2.05) is 0 Å². The molecule has 152 valence electrons. The Labute approximate surface area is 163 Å². The molecule has 1 aliphatic rings. The van der Waals surface area contributed by atoms with Gasteiger partial charge in [-0.25, -0.2) is 12.7 Å². The van der Waals surface area contributed by atoms with Crippen LogP contribution in [0.1, 0.15) is 12.8 Å². The highest BCUT2D eigenvalue weighted by molar-refractivity contribution is 7.88. The smallest absolute Gasteiger partial charge is 0.249 e. The normalized spacial score (nSPS) is 16.0. The third kappa shape index (κ3) is 4.42. The van der Waals surface area contributed by atoms with E-state index < -0.39 is 10.0 Å². The summed E-state index contributed by atoms with van der Waals surface area (Å²) in [5, 5.41) is 9.51. The Kier molecular flexibility index (Phi) is 5.84. The van der Waals surface area contributed by atoms with E-state index in [1.54, 1.807) is 32.4 Å². The molecule has 28 heavy (non-hydrogen) atoms.